The molecule has 0 fully saturated rings. The Morgan fingerprint density at radius 2 is 2.20 bits per heavy atom. The molecule has 15 heavy (non-hydrogen) atoms. The normalized spacial score (nSPS) is 10.6. The maximum Gasteiger partial charge on any atom is 0.172 e. The van der Waals surface area contributed by atoms with Gasteiger partial charge in [-0.15, -0.1) is 0 Å². The minimum absolute atomic E-state index is 0.0295. The largest absolute Gasteiger partial charge is 0.503 e. The van der Waals surface area contributed by atoms with Crippen molar-refractivity contribution in [2.24, 2.45) is 0 Å². The van der Waals surface area contributed by atoms with Gasteiger partial charge < -0.3 is 9.84 Å². The predicted molar refractivity (Wildman–Crippen MR) is 62.1 cm³/mol. The van der Waals surface area contributed by atoms with E-state index in [9.17, 15) is 9.90 Å². The van der Waals surface area contributed by atoms with E-state index >= 15 is 0 Å². The third kappa shape index (κ3) is 3.09. The van der Waals surface area contributed by atoms with Gasteiger partial charge in [-0.1, -0.05) is 6.08 Å². The number of allylic oxidation sites excluding steroid dienone is 1. The lowest BCUT2D eigenvalue weighted by molar-refractivity contribution is -0.112. The summed E-state index contributed by atoms with van der Waals surface area (Å²) in [6, 6.07) is 3.36. The van der Waals surface area contributed by atoms with Crippen LogP contribution in [0.15, 0.2) is 22.7 Å². The van der Waals surface area contributed by atoms with Gasteiger partial charge in [-0.05, 0) is 46.6 Å². The molecule has 1 aromatic rings. The molecule has 1 aromatic carbocycles. The third-order valence-corrected chi connectivity index (χ3v) is 2.39. The fourth-order valence-corrected chi connectivity index (χ4v) is 1.52. The highest BCUT2D eigenvalue weighted by Crippen LogP contribution is 2.35. The van der Waals surface area contributed by atoms with Crippen molar-refractivity contribution in [3.8, 4) is 11.5 Å². The summed E-state index contributed by atoms with van der Waals surface area (Å²) in [5.74, 6) is 0.392. The molecule has 0 radical (unpaired) electrons. The van der Waals surface area contributed by atoms with Gasteiger partial charge in [0.25, 0.3) is 0 Å². The summed E-state index contributed by atoms with van der Waals surface area (Å²) < 4.78 is 5.51. The van der Waals surface area contributed by atoms with Crippen molar-refractivity contribution in [2.75, 3.05) is 7.11 Å². The first-order valence-electron chi connectivity index (χ1n) is 4.29. The number of benzene rings is 1. The lowest BCUT2D eigenvalue weighted by Gasteiger charge is -2.06. The van der Waals surface area contributed by atoms with Crippen LogP contribution in [0.4, 0.5) is 0 Å². The first kappa shape index (κ1) is 11.8. The van der Waals surface area contributed by atoms with E-state index in [-0.39, 0.29) is 11.5 Å². The number of hydrogen-bond donors (Lipinski definition) is 1. The summed E-state index contributed by atoms with van der Waals surface area (Å²) in [5.41, 5.74) is 0.784. The van der Waals surface area contributed by atoms with Crippen molar-refractivity contribution in [2.45, 2.75) is 6.92 Å². The average molecular weight is 271 g/mol. The minimum atomic E-state index is -0.0295. The van der Waals surface area contributed by atoms with Crippen LogP contribution in [-0.4, -0.2) is 18.0 Å². The molecule has 0 aromatic heterocycles. The van der Waals surface area contributed by atoms with Gasteiger partial charge in [-0.3, -0.25) is 4.79 Å². The molecule has 0 unspecified atom stereocenters. The van der Waals surface area contributed by atoms with Crippen LogP contribution in [0.1, 0.15) is 12.5 Å². The number of hydrogen-bond acceptors (Lipinski definition) is 3. The van der Waals surface area contributed by atoms with Gasteiger partial charge in [0, 0.05) is 0 Å². The maximum atomic E-state index is 10.7. The fourth-order valence-electron chi connectivity index (χ4n) is 1.06. The van der Waals surface area contributed by atoms with E-state index in [1.807, 2.05) is 0 Å². The summed E-state index contributed by atoms with van der Waals surface area (Å²) in [5, 5.41) is 9.54. The lowest BCUT2D eigenvalue weighted by atomic mass is 10.2. The summed E-state index contributed by atoms with van der Waals surface area (Å²) in [6.07, 6.45) is 3.12. The van der Waals surface area contributed by atoms with E-state index in [1.54, 1.807) is 18.2 Å². The van der Waals surface area contributed by atoms with E-state index in [0.29, 0.717) is 10.2 Å². The second-order valence-corrected chi connectivity index (χ2v) is 3.85. The standard InChI is InChI=1S/C11H11BrO3/c1-7(13)3-4-8-5-9(12)11(14)10(6-8)15-2/h3-6,14H,1-2H3. The smallest absolute Gasteiger partial charge is 0.172 e. The maximum absolute atomic E-state index is 10.7. The molecule has 0 saturated carbocycles. The van der Waals surface area contributed by atoms with Crippen molar-refractivity contribution in [1.29, 1.82) is 0 Å². The second-order valence-electron chi connectivity index (χ2n) is 3.00. The van der Waals surface area contributed by atoms with Crippen molar-refractivity contribution < 1.29 is 14.6 Å². The van der Waals surface area contributed by atoms with Gasteiger partial charge in [0.2, 0.25) is 0 Å². The zero-order valence-corrected chi connectivity index (χ0v) is 10.0. The van der Waals surface area contributed by atoms with Crippen LogP contribution in [-0.2, 0) is 4.79 Å². The van der Waals surface area contributed by atoms with Crippen LogP contribution in [0.3, 0.4) is 0 Å². The number of rotatable bonds is 3. The highest BCUT2D eigenvalue weighted by atomic mass is 79.9. The quantitative estimate of drug-likeness (QED) is 0.860. The predicted octanol–water partition coefficient (Wildman–Crippen LogP) is 2.77. The van der Waals surface area contributed by atoms with Gasteiger partial charge in [0.15, 0.2) is 17.3 Å². The Morgan fingerprint density at radius 3 is 2.73 bits per heavy atom. The number of halogens is 1. The number of carbonyl (C=O) groups excluding carboxylic acids is 1. The zero-order chi connectivity index (χ0) is 11.4. The Bertz CT molecular complexity index is 411. The van der Waals surface area contributed by atoms with E-state index in [1.165, 1.54) is 20.1 Å². The minimum Gasteiger partial charge on any atom is -0.503 e. The van der Waals surface area contributed by atoms with Gasteiger partial charge in [0.1, 0.15) is 0 Å². The molecule has 0 aliphatic rings. The summed E-state index contributed by atoms with van der Waals surface area (Å²) in [7, 11) is 1.47. The van der Waals surface area contributed by atoms with Crippen LogP contribution < -0.4 is 4.74 Å². The topological polar surface area (TPSA) is 46.5 Å². The SMILES string of the molecule is COc1cc(C=CC(C)=O)cc(Br)c1O. The van der Waals surface area contributed by atoms with Crippen molar-refractivity contribution in [3.63, 3.8) is 0 Å². The molecule has 4 heteroatoms. The molecular formula is C11H11BrO3. The summed E-state index contributed by atoms with van der Waals surface area (Å²) in [6.45, 7) is 1.48. The highest BCUT2D eigenvalue weighted by molar-refractivity contribution is 9.10. The van der Waals surface area contributed by atoms with Crippen LogP contribution >= 0.6 is 15.9 Å². The molecule has 0 aliphatic carbocycles. The van der Waals surface area contributed by atoms with Gasteiger partial charge >= 0.3 is 0 Å². The molecule has 1 N–H and O–H groups in total. The molecule has 0 spiro atoms. The fraction of sp³-hybridized carbons (Fsp3) is 0.182. The van der Waals surface area contributed by atoms with Gasteiger partial charge in [0.05, 0.1) is 11.6 Å². The van der Waals surface area contributed by atoms with Crippen LogP contribution in [0.2, 0.25) is 0 Å². The van der Waals surface area contributed by atoms with Crippen molar-refractivity contribution in [1.82, 2.24) is 0 Å². The van der Waals surface area contributed by atoms with E-state index < -0.39 is 0 Å². The molecule has 0 atom stereocenters. The molecular weight excluding hydrogens is 260 g/mol. The van der Waals surface area contributed by atoms with Crippen molar-refractivity contribution in [3.05, 3.63) is 28.2 Å². The number of methoxy groups -OCH3 is 1. The molecule has 1 rings (SSSR count). The van der Waals surface area contributed by atoms with Crippen LogP contribution in [0.5, 0.6) is 11.5 Å². The molecule has 0 aliphatic heterocycles. The second kappa shape index (κ2) is 4.98. The number of carbonyl (C=O) groups is 1. The number of phenols is 1. The van der Waals surface area contributed by atoms with Gasteiger partial charge in [-0.2, -0.15) is 0 Å². The Kier molecular flexibility index (Phi) is 3.91. The van der Waals surface area contributed by atoms with E-state index in [4.69, 9.17) is 4.74 Å². The van der Waals surface area contributed by atoms with Gasteiger partial charge in [-0.25, -0.2) is 0 Å². The Labute approximate surface area is 96.5 Å². The number of phenolic OH excluding ortho intramolecular Hbond substituents is 1. The monoisotopic (exact) mass is 270 g/mol. The summed E-state index contributed by atoms with van der Waals surface area (Å²) >= 11 is 3.20. The number of aromatic hydroxyl groups is 1. The Hall–Kier alpha value is -1.29. The molecule has 0 saturated heterocycles. The van der Waals surface area contributed by atoms with E-state index in [2.05, 4.69) is 15.9 Å². The first-order chi connectivity index (χ1) is 7.04. The highest BCUT2D eigenvalue weighted by Gasteiger charge is 2.06. The van der Waals surface area contributed by atoms with Crippen LogP contribution in [0.25, 0.3) is 6.08 Å². The molecule has 3 nitrogen and oxygen atoms in total. The Morgan fingerprint density at radius 1 is 1.53 bits per heavy atom. The molecule has 80 valence electrons. The van der Waals surface area contributed by atoms with Crippen molar-refractivity contribution >= 4 is 27.8 Å². The third-order valence-electron chi connectivity index (χ3n) is 1.78. The van der Waals surface area contributed by atoms with Crippen LogP contribution in [0, 0.1) is 0 Å². The molecule has 0 amide bonds. The zero-order valence-electron chi connectivity index (χ0n) is 8.45. The summed E-state index contributed by atoms with van der Waals surface area (Å²) in [4.78, 5) is 10.7. The molecule has 0 heterocycles. The first-order valence-corrected chi connectivity index (χ1v) is 5.09. The Balaban J connectivity index is 3.11. The average Bonchev–Trinajstić information content (AvgIpc) is 2.19. The number of ketones is 1. The lowest BCUT2D eigenvalue weighted by Crippen LogP contribution is -1.86. The number of ether oxygens (including phenoxy) is 1. The molecule has 0 bridgehead atoms. The van der Waals surface area contributed by atoms with E-state index in [0.717, 1.165) is 5.56 Å².